The Hall–Kier alpha value is -1.44. The van der Waals surface area contributed by atoms with Crippen LogP contribution in [-0.2, 0) is 0 Å². The van der Waals surface area contributed by atoms with Gasteiger partial charge in [-0.2, -0.15) is 4.98 Å². The summed E-state index contributed by atoms with van der Waals surface area (Å²) in [6.07, 6.45) is 1.44. The Balaban J connectivity index is 1.66. The molecular formula is C15H26N6O. The molecule has 0 bridgehead atoms. The minimum Gasteiger partial charge on any atom is -0.390 e. The molecular weight excluding hydrogens is 280 g/mol. The SMILES string of the molecule is CCNc1ccnc(N2C[C@@H](O)[C@H](N3CCN(C)CC3)C2)n1. The van der Waals surface area contributed by atoms with Gasteiger partial charge in [-0.15, -0.1) is 0 Å². The van der Waals surface area contributed by atoms with Crippen molar-refractivity contribution < 1.29 is 5.11 Å². The topological polar surface area (TPSA) is 67.8 Å². The van der Waals surface area contributed by atoms with Crippen LogP contribution in [0.2, 0.25) is 0 Å². The van der Waals surface area contributed by atoms with Crippen molar-refractivity contribution in [3.8, 4) is 0 Å². The van der Waals surface area contributed by atoms with Crippen molar-refractivity contribution in [3.63, 3.8) is 0 Å². The van der Waals surface area contributed by atoms with Crippen LogP contribution < -0.4 is 10.2 Å². The zero-order valence-electron chi connectivity index (χ0n) is 13.4. The summed E-state index contributed by atoms with van der Waals surface area (Å²) in [7, 11) is 2.15. The molecule has 0 unspecified atom stereocenters. The molecule has 0 amide bonds. The van der Waals surface area contributed by atoms with Crippen molar-refractivity contribution in [1.82, 2.24) is 19.8 Å². The number of nitrogens with one attached hydrogen (secondary N) is 1. The third kappa shape index (κ3) is 3.31. The first-order valence-electron chi connectivity index (χ1n) is 8.10. The van der Waals surface area contributed by atoms with Crippen LogP contribution in [0.1, 0.15) is 6.92 Å². The third-order valence-electron chi connectivity index (χ3n) is 4.55. The third-order valence-corrected chi connectivity index (χ3v) is 4.55. The predicted molar refractivity (Wildman–Crippen MR) is 87.3 cm³/mol. The summed E-state index contributed by atoms with van der Waals surface area (Å²) in [6, 6.07) is 2.05. The van der Waals surface area contributed by atoms with Crippen LogP contribution in [0, 0.1) is 0 Å². The molecule has 7 heteroatoms. The van der Waals surface area contributed by atoms with E-state index in [-0.39, 0.29) is 12.1 Å². The lowest BCUT2D eigenvalue weighted by Gasteiger charge is -2.37. The highest BCUT2D eigenvalue weighted by Gasteiger charge is 2.37. The van der Waals surface area contributed by atoms with Gasteiger partial charge in [0.1, 0.15) is 5.82 Å². The second-order valence-corrected chi connectivity index (χ2v) is 6.15. The van der Waals surface area contributed by atoms with E-state index >= 15 is 0 Å². The number of nitrogens with zero attached hydrogens (tertiary/aromatic N) is 5. The molecule has 22 heavy (non-hydrogen) atoms. The van der Waals surface area contributed by atoms with E-state index in [2.05, 4.69) is 37.0 Å². The predicted octanol–water partition coefficient (Wildman–Crippen LogP) is -0.295. The highest BCUT2D eigenvalue weighted by Crippen LogP contribution is 2.22. The van der Waals surface area contributed by atoms with Crippen molar-refractivity contribution >= 4 is 11.8 Å². The van der Waals surface area contributed by atoms with Gasteiger partial charge in [-0.3, -0.25) is 4.90 Å². The summed E-state index contributed by atoms with van der Waals surface area (Å²) in [5, 5.41) is 13.6. The smallest absolute Gasteiger partial charge is 0.227 e. The molecule has 0 radical (unpaired) electrons. The first kappa shape index (κ1) is 15.5. The quantitative estimate of drug-likeness (QED) is 0.792. The molecule has 3 rings (SSSR count). The van der Waals surface area contributed by atoms with Gasteiger partial charge >= 0.3 is 0 Å². The van der Waals surface area contributed by atoms with Crippen molar-refractivity contribution in [3.05, 3.63) is 12.3 Å². The zero-order chi connectivity index (χ0) is 15.5. The number of anilines is 2. The molecule has 0 saturated carbocycles. The Morgan fingerprint density at radius 1 is 1.27 bits per heavy atom. The second-order valence-electron chi connectivity index (χ2n) is 6.15. The zero-order valence-corrected chi connectivity index (χ0v) is 13.4. The lowest BCUT2D eigenvalue weighted by molar-refractivity contribution is 0.0512. The van der Waals surface area contributed by atoms with Crippen LogP contribution in [0.15, 0.2) is 12.3 Å². The van der Waals surface area contributed by atoms with Gasteiger partial charge < -0.3 is 20.2 Å². The van der Waals surface area contributed by atoms with Gasteiger partial charge in [0.25, 0.3) is 0 Å². The fraction of sp³-hybridized carbons (Fsp3) is 0.733. The Morgan fingerprint density at radius 2 is 2.05 bits per heavy atom. The first-order chi connectivity index (χ1) is 10.7. The molecule has 0 aromatic carbocycles. The molecule has 2 saturated heterocycles. The summed E-state index contributed by atoms with van der Waals surface area (Å²) >= 11 is 0. The Kier molecular flexibility index (Phi) is 4.75. The van der Waals surface area contributed by atoms with Crippen LogP contribution in [0.4, 0.5) is 11.8 Å². The number of aliphatic hydroxyl groups is 1. The molecule has 2 aliphatic heterocycles. The Labute approximate surface area is 131 Å². The summed E-state index contributed by atoms with van der Waals surface area (Å²) < 4.78 is 0. The van der Waals surface area contributed by atoms with Gasteiger partial charge in [0.05, 0.1) is 12.1 Å². The number of aromatic nitrogens is 2. The molecule has 1 aromatic rings. The van der Waals surface area contributed by atoms with E-state index in [9.17, 15) is 5.11 Å². The molecule has 0 spiro atoms. The summed E-state index contributed by atoms with van der Waals surface area (Å²) in [6.45, 7) is 8.45. The molecule has 2 N–H and O–H groups in total. The van der Waals surface area contributed by atoms with Gasteiger partial charge in [0, 0.05) is 52.0 Å². The minimum atomic E-state index is -0.338. The van der Waals surface area contributed by atoms with Gasteiger partial charge in [0.15, 0.2) is 0 Å². The van der Waals surface area contributed by atoms with Crippen molar-refractivity contribution in [1.29, 1.82) is 0 Å². The average molecular weight is 306 g/mol. The van der Waals surface area contributed by atoms with Gasteiger partial charge in [0.2, 0.25) is 5.95 Å². The summed E-state index contributed by atoms with van der Waals surface area (Å²) in [5.41, 5.74) is 0. The van der Waals surface area contributed by atoms with Crippen LogP contribution in [0.5, 0.6) is 0 Å². The van der Waals surface area contributed by atoms with Crippen LogP contribution >= 0.6 is 0 Å². The number of β-amino-alcohol motifs (C(OH)–C–C–N with tert-alkyl or cyclic N) is 1. The molecule has 1 aromatic heterocycles. The highest BCUT2D eigenvalue weighted by atomic mass is 16.3. The number of hydrogen-bond acceptors (Lipinski definition) is 7. The second kappa shape index (κ2) is 6.76. The van der Waals surface area contributed by atoms with E-state index in [0.29, 0.717) is 12.5 Å². The molecule has 122 valence electrons. The monoisotopic (exact) mass is 306 g/mol. The lowest BCUT2D eigenvalue weighted by atomic mass is 10.1. The fourth-order valence-electron chi connectivity index (χ4n) is 3.23. The molecule has 2 aliphatic rings. The summed E-state index contributed by atoms with van der Waals surface area (Å²) in [5.74, 6) is 1.54. The van der Waals surface area contributed by atoms with Gasteiger partial charge in [-0.1, -0.05) is 0 Å². The number of aliphatic hydroxyl groups excluding tert-OH is 1. The maximum absolute atomic E-state index is 10.4. The van der Waals surface area contributed by atoms with E-state index in [1.165, 1.54) is 0 Å². The lowest BCUT2D eigenvalue weighted by Crippen LogP contribution is -2.52. The molecule has 7 nitrogen and oxygen atoms in total. The van der Waals surface area contributed by atoms with E-state index in [1.54, 1.807) is 6.20 Å². The molecule has 2 fully saturated rings. The standard InChI is InChI=1S/C15H26N6O/c1-3-16-14-4-5-17-15(18-14)21-10-12(13(22)11-21)20-8-6-19(2)7-9-20/h4-5,12-13,22H,3,6-11H2,1-2H3,(H,16,17,18)/t12-,13-/m1/s1. The van der Waals surface area contributed by atoms with E-state index in [0.717, 1.165) is 45.1 Å². The minimum absolute atomic E-state index is 0.181. The van der Waals surface area contributed by atoms with E-state index < -0.39 is 0 Å². The van der Waals surface area contributed by atoms with Crippen molar-refractivity contribution in [2.24, 2.45) is 0 Å². The number of piperazine rings is 1. The Morgan fingerprint density at radius 3 is 2.77 bits per heavy atom. The van der Waals surface area contributed by atoms with E-state index in [1.807, 2.05) is 13.0 Å². The van der Waals surface area contributed by atoms with Crippen LogP contribution in [-0.4, -0.2) is 89.9 Å². The first-order valence-corrected chi connectivity index (χ1v) is 8.10. The molecule has 2 atom stereocenters. The summed E-state index contributed by atoms with van der Waals surface area (Å²) in [4.78, 5) is 15.7. The Bertz CT molecular complexity index is 491. The molecule has 0 aliphatic carbocycles. The van der Waals surface area contributed by atoms with Crippen molar-refractivity contribution in [2.45, 2.75) is 19.1 Å². The van der Waals surface area contributed by atoms with Gasteiger partial charge in [-0.25, -0.2) is 4.98 Å². The number of likely N-dealkylation sites (N-methyl/N-ethyl adjacent to an activating group) is 1. The van der Waals surface area contributed by atoms with Crippen LogP contribution in [0.25, 0.3) is 0 Å². The van der Waals surface area contributed by atoms with Crippen LogP contribution in [0.3, 0.4) is 0 Å². The average Bonchev–Trinajstić information content (AvgIpc) is 2.91. The highest BCUT2D eigenvalue weighted by molar-refractivity contribution is 5.42. The van der Waals surface area contributed by atoms with Crippen molar-refractivity contribution in [2.75, 3.05) is 63.1 Å². The fourth-order valence-corrected chi connectivity index (χ4v) is 3.23. The largest absolute Gasteiger partial charge is 0.390 e. The maximum Gasteiger partial charge on any atom is 0.227 e. The molecule has 3 heterocycles. The number of hydrogen-bond donors (Lipinski definition) is 2. The maximum atomic E-state index is 10.4. The van der Waals surface area contributed by atoms with Gasteiger partial charge in [-0.05, 0) is 20.0 Å². The van der Waals surface area contributed by atoms with E-state index in [4.69, 9.17) is 0 Å². The normalized spacial score (nSPS) is 27.3. The number of rotatable bonds is 4.